The van der Waals surface area contributed by atoms with E-state index in [0.717, 1.165) is 35.3 Å². The van der Waals surface area contributed by atoms with E-state index in [1.807, 2.05) is 30.3 Å². The van der Waals surface area contributed by atoms with E-state index < -0.39 is 17.2 Å². The minimum absolute atomic E-state index is 0.161. The SMILES string of the molecule is CC(C)(C)OC(=O)N[C@@](C)(C=O)CCc1ccc(C(=O)CCCCc2ccccc2)s1. The maximum atomic E-state index is 12.5. The molecule has 6 heteroatoms. The third kappa shape index (κ3) is 9.05. The monoisotopic (exact) mass is 443 g/mol. The number of aryl methyl sites for hydroxylation is 2. The molecule has 0 saturated carbocycles. The van der Waals surface area contributed by atoms with Crippen molar-refractivity contribution in [2.75, 3.05) is 0 Å². The number of thiophene rings is 1. The first kappa shape index (κ1) is 24.8. The lowest BCUT2D eigenvalue weighted by Crippen LogP contribution is -2.49. The van der Waals surface area contributed by atoms with Gasteiger partial charge in [0.25, 0.3) is 0 Å². The molecule has 2 rings (SSSR count). The van der Waals surface area contributed by atoms with Crippen LogP contribution in [0.2, 0.25) is 0 Å². The third-order valence-corrected chi connectivity index (χ3v) is 6.02. The summed E-state index contributed by atoms with van der Waals surface area (Å²) in [6, 6.07) is 14.1. The molecule has 0 aliphatic carbocycles. The summed E-state index contributed by atoms with van der Waals surface area (Å²) in [5.41, 5.74) is -0.349. The van der Waals surface area contributed by atoms with E-state index in [1.54, 1.807) is 27.7 Å². The highest BCUT2D eigenvalue weighted by molar-refractivity contribution is 7.14. The van der Waals surface area contributed by atoms with E-state index >= 15 is 0 Å². The molecule has 0 aliphatic heterocycles. The summed E-state index contributed by atoms with van der Waals surface area (Å²) in [6.07, 6.45) is 4.53. The first-order valence-corrected chi connectivity index (χ1v) is 11.6. The van der Waals surface area contributed by atoms with Crippen molar-refractivity contribution in [2.45, 2.75) is 77.4 Å². The highest BCUT2D eigenvalue weighted by Crippen LogP contribution is 2.23. The van der Waals surface area contributed by atoms with Gasteiger partial charge in [0.05, 0.1) is 10.4 Å². The second-order valence-corrected chi connectivity index (χ2v) is 10.2. The summed E-state index contributed by atoms with van der Waals surface area (Å²) in [7, 11) is 0. The Morgan fingerprint density at radius 3 is 2.35 bits per heavy atom. The summed E-state index contributed by atoms with van der Waals surface area (Å²) in [4.78, 5) is 37.9. The number of hydrogen-bond acceptors (Lipinski definition) is 5. The number of aldehydes is 1. The van der Waals surface area contributed by atoms with E-state index in [9.17, 15) is 14.4 Å². The molecule has 168 valence electrons. The second kappa shape index (κ2) is 11.2. The molecule has 0 unspecified atom stereocenters. The lowest BCUT2D eigenvalue weighted by atomic mass is 9.97. The van der Waals surface area contributed by atoms with Crippen LogP contribution in [0, 0.1) is 0 Å². The van der Waals surface area contributed by atoms with Crippen LogP contribution in [0.15, 0.2) is 42.5 Å². The Kier molecular flexibility index (Phi) is 8.99. The fraction of sp³-hybridized carbons (Fsp3) is 0.480. The Balaban J connectivity index is 1.79. The van der Waals surface area contributed by atoms with Crippen LogP contribution in [0.1, 0.15) is 73.5 Å². The predicted molar refractivity (Wildman–Crippen MR) is 125 cm³/mol. The van der Waals surface area contributed by atoms with E-state index in [2.05, 4.69) is 17.4 Å². The molecule has 0 bridgehead atoms. The highest BCUT2D eigenvalue weighted by atomic mass is 32.1. The van der Waals surface area contributed by atoms with Gasteiger partial charge in [0.2, 0.25) is 0 Å². The molecule has 31 heavy (non-hydrogen) atoms. The smallest absolute Gasteiger partial charge is 0.408 e. The molecular formula is C25H33NO4S. The average molecular weight is 444 g/mol. The zero-order valence-electron chi connectivity index (χ0n) is 18.9. The molecule has 1 atom stereocenters. The average Bonchev–Trinajstić information content (AvgIpc) is 3.18. The van der Waals surface area contributed by atoms with Crippen molar-refractivity contribution in [2.24, 2.45) is 0 Å². The van der Waals surface area contributed by atoms with Crippen molar-refractivity contribution < 1.29 is 19.1 Å². The van der Waals surface area contributed by atoms with Gasteiger partial charge in [0.15, 0.2) is 5.78 Å². The van der Waals surface area contributed by atoms with Crippen molar-refractivity contribution in [1.82, 2.24) is 5.32 Å². The number of ketones is 1. The molecule has 2 aromatic rings. The number of alkyl carbamates (subject to hydrolysis) is 1. The van der Waals surface area contributed by atoms with Crippen LogP contribution >= 0.6 is 11.3 Å². The topological polar surface area (TPSA) is 72.5 Å². The molecule has 5 nitrogen and oxygen atoms in total. The van der Waals surface area contributed by atoms with Crippen LogP contribution in [0.4, 0.5) is 4.79 Å². The first-order chi connectivity index (χ1) is 14.6. The number of nitrogens with one attached hydrogen (secondary N) is 1. The second-order valence-electron chi connectivity index (χ2n) is 9.04. The minimum atomic E-state index is -1.02. The van der Waals surface area contributed by atoms with Gasteiger partial charge in [-0.3, -0.25) is 4.79 Å². The maximum Gasteiger partial charge on any atom is 0.408 e. The molecule has 0 aliphatic rings. The van der Waals surface area contributed by atoms with Gasteiger partial charge < -0.3 is 14.8 Å². The summed E-state index contributed by atoms with van der Waals surface area (Å²) < 4.78 is 5.25. The summed E-state index contributed by atoms with van der Waals surface area (Å²) >= 11 is 1.47. The fourth-order valence-electron chi connectivity index (χ4n) is 3.12. The van der Waals surface area contributed by atoms with Gasteiger partial charge in [-0.1, -0.05) is 30.3 Å². The summed E-state index contributed by atoms with van der Waals surface area (Å²) in [6.45, 7) is 7.00. The van der Waals surface area contributed by atoms with Crippen LogP contribution in [0.3, 0.4) is 0 Å². The van der Waals surface area contributed by atoms with Crippen LogP contribution in [0.5, 0.6) is 0 Å². The van der Waals surface area contributed by atoms with Gasteiger partial charge in [0.1, 0.15) is 11.9 Å². The van der Waals surface area contributed by atoms with E-state index in [-0.39, 0.29) is 5.78 Å². The number of ether oxygens (including phenoxy) is 1. The van der Waals surface area contributed by atoms with E-state index in [4.69, 9.17) is 4.74 Å². The zero-order chi connectivity index (χ0) is 22.9. The number of amides is 1. The largest absolute Gasteiger partial charge is 0.444 e. The Labute approximate surface area is 189 Å². The van der Waals surface area contributed by atoms with Gasteiger partial charge in [-0.2, -0.15) is 0 Å². The van der Waals surface area contributed by atoms with Gasteiger partial charge in [-0.25, -0.2) is 4.79 Å². The van der Waals surface area contributed by atoms with Crippen molar-refractivity contribution in [3.63, 3.8) is 0 Å². The molecule has 0 fully saturated rings. The minimum Gasteiger partial charge on any atom is -0.444 e. The molecule has 0 saturated heterocycles. The molecular weight excluding hydrogens is 410 g/mol. The number of carbonyl (C=O) groups excluding carboxylic acids is 3. The van der Waals surface area contributed by atoms with Gasteiger partial charge in [-0.05, 0) is 77.5 Å². The molecule has 1 aromatic carbocycles. The highest BCUT2D eigenvalue weighted by Gasteiger charge is 2.28. The quantitative estimate of drug-likeness (QED) is 0.272. The molecule has 0 spiro atoms. The first-order valence-electron chi connectivity index (χ1n) is 10.7. The maximum absolute atomic E-state index is 12.5. The summed E-state index contributed by atoms with van der Waals surface area (Å²) in [5, 5.41) is 2.66. The number of carbonyl (C=O) groups is 3. The number of unbranched alkanes of at least 4 members (excludes halogenated alkanes) is 1. The Morgan fingerprint density at radius 1 is 1.00 bits per heavy atom. The predicted octanol–water partition coefficient (Wildman–Crippen LogP) is 5.76. The molecule has 1 heterocycles. The van der Waals surface area contributed by atoms with Crippen molar-refractivity contribution in [1.29, 1.82) is 0 Å². The lowest BCUT2D eigenvalue weighted by molar-refractivity contribution is -0.113. The van der Waals surface area contributed by atoms with Gasteiger partial charge in [-0.15, -0.1) is 11.3 Å². The lowest BCUT2D eigenvalue weighted by Gasteiger charge is -2.27. The third-order valence-electron chi connectivity index (χ3n) is 4.84. The van der Waals surface area contributed by atoms with Crippen molar-refractivity contribution in [3.05, 3.63) is 57.8 Å². The van der Waals surface area contributed by atoms with Crippen molar-refractivity contribution in [3.8, 4) is 0 Å². The molecule has 1 amide bonds. The van der Waals surface area contributed by atoms with Crippen molar-refractivity contribution >= 4 is 29.5 Å². The Morgan fingerprint density at radius 2 is 1.71 bits per heavy atom. The summed E-state index contributed by atoms with van der Waals surface area (Å²) in [5.74, 6) is 0.161. The number of hydrogen-bond donors (Lipinski definition) is 1. The number of rotatable bonds is 11. The normalized spacial score (nSPS) is 13.3. The molecule has 1 aromatic heterocycles. The Bertz CT molecular complexity index is 869. The van der Waals surface area contributed by atoms with Crippen LogP contribution < -0.4 is 5.32 Å². The van der Waals surface area contributed by atoms with Crippen LogP contribution in [0.25, 0.3) is 0 Å². The Hall–Kier alpha value is -2.47. The van der Waals surface area contributed by atoms with Crippen LogP contribution in [-0.4, -0.2) is 29.3 Å². The van der Waals surface area contributed by atoms with Crippen LogP contribution in [-0.2, 0) is 22.4 Å². The van der Waals surface area contributed by atoms with Gasteiger partial charge in [0, 0.05) is 11.3 Å². The van der Waals surface area contributed by atoms with Gasteiger partial charge >= 0.3 is 6.09 Å². The molecule has 1 N–H and O–H groups in total. The number of Topliss-reactive ketones (excluding diaryl/α,β-unsaturated/α-hetero) is 1. The van der Waals surface area contributed by atoms with E-state index in [0.29, 0.717) is 19.3 Å². The van der Waals surface area contributed by atoms with E-state index in [1.165, 1.54) is 16.9 Å². The zero-order valence-corrected chi connectivity index (χ0v) is 19.7. The standard InChI is InChI=1S/C25H33NO4S/c1-24(2,3)30-23(29)26-25(4,18-27)17-16-20-14-15-22(31-20)21(28)13-9-8-12-19-10-6-5-7-11-19/h5-7,10-11,14-15,18H,8-9,12-13,16-17H2,1-4H3,(H,26,29)/t25-/m1/s1. The molecule has 0 radical (unpaired) electrons. The number of benzene rings is 1. The fourth-order valence-corrected chi connectivity index (χ4v) is 4.09.